The first-order chi connectivity index (χ1) is 8.99. The lowest BCUT2D eigenvalue weighted by atomic mass is 10.2. The van der Waals surface area contributed by atoms with E-state index in [-0.39, 0.29) is 11.9 Å². The molecule has 1 aromatic heterocycles. The minimum Gasteiger partial charge on any atom is -0.342 e. The third-order valence-corrected chi connectivity index (χ3v) is 6.10. The summed E-state index contributed by atoms with van der Waals surface area (Å²) in [4.78, 5) is 16.3. The molecule has 0 aliphatic rings. The van der Waals surface area contributed by atoms with Crippen molar-refractivity contribution in [2.75, 3.05) is 0 Å². The highest BCUT2D eigenvalue weighted by molar-refractivity contribution is 14.1. The van der Waals surface area contributed by atoms with Crippen LogP contribution in [0.4, 0.5) is 0 Å². The number of amides is 1. The van der Waals surface area contributed by atoms with E-state index in [1.807, 2.05) is 19.1 Å². The molecule has 0 fully saturated rings. The lowest BCUT2D eigenvalue weighted by Crippen LogP contribution is -2.28. The number of rotatable bonds is 3. The Bertz CT molecular complexity index is 600. The molecule has 5 nitrogen and oxygen atoms in total. The van der Waals surface area contributed by atoms with Crippen molar-refractivity contribution in [3.8, 4) is 0 Å². The van der Waals surface area contributed by atoms with Gasteiger partial charge in [-0.1, -0.05) is 0 Å². The maximum absolute atomic E-state index is 12.3. The van der Waals surface area contributed by atoms with Crippen LogP contribution in [-0.2, 0) is 0 Å². The molecular formula is C11H9I3N4O. The van der Waals surface area contributed by atoms with Gasteiger partial charge in [0, 0.05) is 10.7 Å². The molecule has 0 aliphatic heterocycles. The van der Waals surface area contributed by atoms with E-state index >= 15 is 0 Å². The van der Waals surface area contributed by atoms with E-state index in [9.17, 15) is 4.79 Å². The zero-order valence-corrected chi connectivity index (χ0v) is 16.2. The summed E-state index contributed by atoms with van der Waals surface area (Å²) in [6.45, 7) is 1.87. The first kappa shape index (κ1) is 15.4. The standard InChI is InChI=1S/C11H9I3N4O/c1-5(10-15-4-16-18-10)17-11(19)7-2-6(12)3-8(13)9(7)14/h2-5H,1H3,(H,17,19)(H,15,16,18). The number of H-pyrrole nitrogens is 1. The maximum Gasteiger partial charge on any atom is 0.253 e. The molecule has 2 N–H and O–H groups in total. The van der Waals surface area contributed by atoms with Crippen LogP contribution in [0.5, 0.6) is 0 Å². The van der Waals surface area contributed by atoms with Crippen LogP contribution < -0.4 is 5.32 Å². The number of carbonyl (C=O) groups excluding carboxylic acids is 1. The molecule has 0 aliphatic carbocycles. The van der Waals surface area contributed by atoms with Crippen LogP contribution in [0, 0.1) is 10.7 Å². The Balaban J connectivity index is 2.21. The Morgan fingerprint density at radius 1 is 1.37 bits per heavy atom. The predicted molar refractivity (Wildman–Crippen MR) is 96.9 cm³/mol. The molecule has 0 radical (unpaired) electrons. The summed E-state index contributed by atoms with van der Waals surface area (Å²) in [6, 6.07) is 3.72. The zero-order chi connectivity index (χ0) is 14.0. The lowest BCUT2D eigenvalue weighted by Gasteiger charge is -2.13. The largest absolute Gasteiger partial charge is 0.342 e. The molecule has 1 aromatic carbocycles. The number of nitrogens with one attached hydrogen (secondary N) is 2. The lowest BCUT2D eigenvalue weighted by molar-refractivity contribution is 0.0937. The van der Waals surface area contributed by atoms with Crippen LogP contribution in [0.3, 0.4) is 0 Å². The summed E-state index contributed by atoms with van der Waals surface area (Å²) in [5, 5.41) is 9.44. The van der Waals surface area contributed by atoms with Crippen LogP contribution >= 0.6 is 67.8 Å². The van der Waals surface area contributed by atoms with Gasteiger partial charge in [0.25, 0.3) is 5.91 Å². The fourth-order valence-corrected chi connectivity index (χ4v) is 3.89. The average molecular weight is 594 g/mol. The van der Waals surface area contributed by atoms with E-state index in [1.165, 1.54) is 6.33 Å². The second kappa shape index (κ2) is 6.65. The molecule has 1 atom stereocenters. The smallest absolute Gasteiger partial charge is 0.253 e. The third kappa shape index (κ3) is 3.77. The van der Waals surface area contributed by atoms with E-state index in [0.29, 0.717) is 11.4 Å². The Morgan fingerprint density at radius 2 is 2.11 bits per heavy atom. The van der Waals surface area contributed by atoms with Crippen molar-refractivity contribution in [2.24, 2.45) is 0 Å². The number of aromatic amines is 1. The van der Waals surface area contributed by atoms with Gasteiger partial charge in [-0.05, 0) is 86.8 Å². The number of hydrogen-bond donors (Lipinski definition) is 2. The Hall–Kier alpha value is 0.0200. The highest BCUT2D eigenvalue weighted by Crippen LogP contribution is 2.23. The molecule has 2 rings (SSSR count). The second-order valence-electron chi connectivity index (χ2n) is 3.82. The molecule has 1 heterocycles. The SMILES string of the molecule is CC(NC(=O)c1cc(I)cc(I)c1I)c1ncn[nH]1. The molecule has 100 valence electrons. The van der Waals surface area contributed by atoms with Gasteiger partial charge in [-0.2, -0.15) is 5.10 Å². The second-order valence-corrected chi connectivity index (χ2v) is 7.30. The monoisotopic (exact) mass is 594 g/mol. The molecule has 0 spiro atoms. The number of nitrogens with zero attached hydrogens (tertiary/aromatic N) is 2. The van der Waals surface area contributed by atoms with Gasteiger partial charge in [-0.3, -0.25) is 9.89 Å². The van der Waals surface area contributed by atoms with Gasteiger partial charge in [-0.25, -0.2) is 4.98 Å². The summed E-state index contributed by atoms with van der Waals surface area (Å²) >= 11 is 6.63. The fraction of sp³-hybridized carbons (Fsp3) is 0.182. The van der Waals surface area contributed by atoms with Crippen molar-refractivity contribution < 1.29 is 4.79 Å². The van der Waals surface area contributed by atoms with Gasteiger partial charge in [-0.15, -0.1) is 0 Å². The molecule has 0 bridgehead atoms. The van der Waals surface area contributed by atoms with Crippen LogP contribution in [0.25, 0.3) is 0 Å². The van der Waals surface area contributed by atoms with Crippen molar-refractivity contribution >= 4 is 73.7 Å². The van der Waals surface area contributed by atoms with Gasteiger partial charge in [0.1, 0.15) is 12.2 Å². The summed E-state index contributed by atoms with van der Waals surface area (Å²) in [7, 11) is 0. The third-order valence-electron chi connectivity index (χ3n) is 2.43. The zero-order valence-electron chi connectivity index (χ0n) is 9.75. The van der Waals surface area contributed by atoms with Crippen molar-refractivity contribution in [3.05, 3.63) is 40.6 Å². The molecule has 1 unspecified atom stereocenters. The van der Waals surface area contributed by atoms with Gasteiger partial charge in [0.2, 0.25) is 0 Å². The van der Waals surface area contributed by atoms with Gasteiger partial charge < -0.3 is 5.32 Å². The Morgan fingerprint density at radius 3 is 2.74 bits per heavy atom. The molecular weight excluding hydrogens is 585 g/mol. The van der Waals surface area contributed by atoms with E-state index in [0.717, 1.165) is 10.7 Å². The van der Waals surface area contributed by atoms with Gasteiger partial charge >= 0.3 is 0 Å². The summed E-state index contributed by atoms with van der Waals surface area (Å²) in [5.74, 6) is 0.536. The quantitative estimate of drug-likeness (QED) is 0.425. The topological polar surface area (TPSA) is 70.7 Å². The van der Waals surface area contributed by atoms with Crippen molar-refractivity contribution in [1.82, 2.24) is 20.5 Å². The minimum atomic E-state index is -0.207. The predicted octanol–water partition coefficient (Wildman–Crippen LogP) is 3.11. The number of carbonyl (C=O) groups is 1. The Kier molecular flexibility index (Phi) is 5.39. The van der Waals surface area contributed by atoms with Crippen molar-refractivity contribution in [1.29, 1.82) is 0 Å². The molecule has 2 aromatic rings. The molecule has 0 saturated carbocycles. The summed E-state index contributed by atoms with van der Waals surface area (Å²) in [6.07, 6.45) is 1.43. The summed E-state index contributed by atoms with van der Waals surface area (Å²) < 4.78 is 3.07. The van der Waals surface area contributed by atoms with E-state index in [2.05, 4.69) is 88.3 Å². The number of hydrogen-bond acceptors (Lipinski definition) is 3. The normalized spacial score (nSPS) is 12.2. The van der Waals surface area contributed by atoms with E-state index in [1.54, 1.807) is 0 Å². The number of halogens is 3. The molecule has 1 amide bonds. The number of aromatic nitrogens is 3. The molecule has 19 heavy (non-hydrogen) atoms. The van der Waals surface area contributed by atoms with Gasteiger partial charge in [0.05, 0.1) is 11.6 Å². The summed E-state index contributed by atoms with van der Waals surface area (Å²) in [5.41, 5.74) is 0.684. The fourth-order valence-electron chi connectivity index (χ4n) is 1.49. The van der Waals surface area contributed by atoms with E-state index in [4.69, 9.17) is 0 Å². The van der Waals surface area contributed by atoms with Crippen LogP contribution in [0.2, 0.25) is 0 Å². The highest BCUT2D eigenvalue weighted by Gasteiger charge is 2.17. The first-order valence-electron chi connectivity index (χ1n) is 5.29. The van der Waals surface area contributed by atoms with Crippen LogP contribution in [0.15, 0.2) is 18.5 Å². The number of benzene rings is 1. The maximum atomic E-state index is 12.3. The van der Waals surface area contributed by atoms with Crippen molar-refractivity contribution in [3.63, 3.8) is 0 Å². The Labute approximate surface area is 151 Å². The molecule has 8 heteroatoms. The van der Waals surface area contributed by atoms with Crippen LogP contribution in [0.1, 0.15) is 29.1 Å². The minimum absolute atomic E-state index is 0.107. The van der Waals surface area contributed by atoms with E-state index < -0.39 is 0 Å². The van der Waals surface area contributed by atoms with Gasteiger partial charge in [0.15, 0.2) is 0 Å². The van der Waals surface area contributed by atoms with Crippen molar-refractivity contribution in [2.45, 2.75) is 13.0 Å². The average Bonchev–Trinajstić information content (AvgIpc) is 2.87. The highest BCUT2D eigenvalue weighted by atomic mass is 127. The van der Waals surface area contributed by atoms with Crippen LogP contribution in [-0.4, -0.2) is 21.1 Å². The molecule has 0 saturated heterocycles. The first-order valence-corrected chi connectivity index (χ1v) is 8.53.